The average molecular weight is 338 g/mol. The standard InChI is InChI=1S/C16H26N4O4/c1-16(2,3)15(22)20(6-5-19-7-10-23-11-8-19)12-14(21)17-13-4-9-24-18-13/h4,9H,5-8,10-12H2,1-3H3,(H,17,18,21). The molecule has 1 saturated heterocycles. The van der Waals surface area contributed by atoms with Crippen molar-refractivity contribution in [3.05, 3.63) is 12.3 Å². The van der Waals surface area contributed by atoms with Crippen LogP contribution in [0.15, 0.2) is 16.9 Å². The predicted molar refractivity (Wildman–Crippen MR) is 88.4 cm³/mol. The van der Waals surface area contributed by atoms with Crippen molar-refractivity contribution >= 4 is 17.6 Å². The molecule has 0 saturated carbocycles. The first kappa shape index (κ1) is 18.4. The van der Waals surface area contributed by atoms with Crippen molar-refractivity contribution in [1.82, 2.24) is 15.0 Å². The summed E-state index contributed by atoms with van der Waals surface area (Å²) in [6, 6.07) is 1.56. The molecule has 2 heterocycles. The number of anilines is 1. The minimum Gasteiger partial charge on any atom is -0.379 e. The van der Waals surface area contributed by atoms with Gasteiger partial charge in [0.05, 0.1) is 19.8 Å². The van der Waals surface area contributed by atoms with E-state index in [4.69, 9.17) is 4.74 Å². The summed E-state index contributed by atoms with van der Waals surface area (Å²) in [5, 5.41) is 6.27. The Morgan fingerprint density at radius 2 is 2.04 bits per heavy atom. The van der Waals surface area contributed by atoms with E-state index in [9.17, 15) is 9.59 Å². The largest absolute Gasteiger partial charge is 0.379 e. The van der Waals surface area contributed by atoms with E-state index in [1.54, 1.807) is 11.0 Å². The number of morpholine rings is 1. The molecule has 0 spiro atoms. The Hall–Kier alpha value is -1.93. The molecule has 2 amide bonds. The van der Waals surface area contributed by atoms with Crippen LogP contribution in [-0.4, -0.2) is 72.7 Å². The van der Waals surface area contributed by atoms with Crippen LogP contribution in [0.4, 0.5) is 5.82 Å². The molecule has 0 aliphatic carbocycles. The maximum atomic E-state index is 12.6. The maximum absolute atomic E-state index is 12.6. The zero-order valence-corrected chi connectivity index (χ0v) is 14.6. The van der Waals surface area contributed by atoms with Crippen LogP contribution in [0.25, 0.3) is 0 Å². The van der Waals surface area contributed by atoms with Gasteiger partial charge in [0.25, 0.3) is 0 Å². The zero-order chi connectivity index (χ0) is 17.6. The molecule has 24 heavy (non-hydrogen) atoms. The van der Waals surface area contributed by atoms with Crippen molar-refractivity contribution in [1.29, 1.82) is 0 Å². The summed E-state index contributed by atoms with van der Waals surface area (Å²) in [6.07, 6.45) is 1.38. The van der Waals surface area contributed by atoms with Crippen LogP contribution in [0.1, 0.15) is 20.8 Å². The summed E-state index contributed by atoms with van der Waals surface area (Å²) in [7, 11) is 0. The molecule has 0 radical (unpaired) electrons. The molecule has 0 atom stereocenters. The van der Waals surface area contributed by atoms with Crippen LogP contribution in [0.5, 0.6) is 0 Å². The molecule has 1 N–H and O–H groups in total. The fourth-order valence-corrected chi connectivity index (χ4v) is 2.45. The number of rotatable bonds is 6. The topological polar surface area (TPSA) is 87.9 Å². The molecule has 0 unspecified atom stereocenters. The molecule has 0 aromatic carbocycles. The van der Waals surface area contributed by atoms with E-state index in [0.29, 0.717) is 25.6 Å². The molecule has 8 nitrogen and oxygen atoms in total. The Bertz CT molecular complexity index is 533. The molecular formula is C16H26N4O4. The number of hydrogen-bond donors (Lipinski definition) is 1. The maximum Gasteiger partial charge on any atom is 0.245 e. The molecule has 1 aliphatic rings. The Balaban J connectivity index is 1.93. The molecule has 1 aromatic heterocycles. The lowest BCUT2D eigenvalue weighted by molar-refractivity contribution is -0.142. The van der Waals surface area contributed by atoms with Gasteiger partial charge in [0, 0.05) is 37.7 Å². The SMILES string of the molecule is CC(C)(C)C(=O)N(CCN1CCOCC1)CC(=O)Nc1ccon1. The highest BCUT2D eigenvalue weighted by Gasteiger charge is 2.29. The Kier molecular flexibility index (Phi) is 6.33. The van der Waals surface area contributed by atoms with Crippen molar-refractivity contribution < 1.29 is 18.8 Å². The van der Waals surface area contributed by atoms with Crippen LogP contribution >= 0.6 is 0 Å². The molecule has 134 valence electrons. The lowest BCUT2D eigenvalue weighted by atomic mass is 9.94. The van der Waals surface area contributed by atoms with Gasteiger partial charge in [0.15, 0.2) is 5.82 Å². The van der Waals surface area contributed by atoms with E-state index in [-0.39, 0.29) is 18.4 Å². The minimum absolute atomic E-state index is 0.00664. The van der Waals surface area contributed by atoms with E-state index in [1.165, 1.54) is 6.26 Å². The van der Waals surface area contributed by atoms with Crippen molar-refractivity contribution in [3.63, 3.8) is 0 Å². The van der Waals surface area contributed by atoms with Crippen LogP contribution in [-0.2, 0) is 14.3 Å². The van der Waals surface area contributed by atoms with Crippen LogP contribution in [0.2, 0.25) is 0 Å². The van der Waals surface area contributed by atoms with Gasteiger partial charge < -0.3 is 19.5 Å². The molecule has 2 rings (SSSR count). The van der Waals surface area contributed by atoms with Crippen molar-refractivity contribution in [2.45, 2.75) is 20.8 Å². The van der Waals surface area contributed by atoms with Gasteiger partial charge in [-0.25, -0.2) is 0 Å². The number of nitrogens with one attached hydrogen (secondary N) is 1. The van der Waals surface area contributed by atoms with Gasteiger partial charge in [-0.3, -0.25) is 14.5 Å². The van der Waals surface area contributed by atoms with Crippen LogP contribution in [0.3, 0.4) is 0 Å². The lowest BCUT2D eigenvalue weighted by Gasteiger charge is -2.32. The van der Waals surface area contributed by atoms with Gasteiger partial charge in [-0.2, -0.15) is 0 Å². The third-order valence-electron chi connectivity index (χ3n) is 3.76. The normalized spacial score (nSPS) is 16.0. The van der Waals surface area contributed by atoms with Gasteiger partial charge >= 0.3 is 0 Å². The summed E-state index contributed by atoms with van der Waals surface area (Å²) >= 11 is 0. The number of ether oxygens (including phenoxy) is 1. The first-order valence-corrected chi connectivity index (χ1v) is 8.16. The summed E-state index contributed by atoms with van der Waals surface area (Å²) in [4.78, 5) is 28.7. The molecular weight excluding hydrogens is 312 g/mol. The smallest absolute Gasteiger partial charge is 0.245 e. The number of carbonyl (C=O) groups is 2. The molecule has 0 bridgehead atoms. The van der Waals surface area contributed by atoms with E-state index < -0.39 is 5.41 Å². The second-order valence-electron chi connectivity index (χ2n) is 6.86. The average Bonchev–Trinajstić information content (AvgIpc) is 3.03. The fourth-order valence-electron chi connectivity index (χ4n) is 2.45. The number of nitrogens with zero attached hydrogens (tertiary/aromatic N) is 3. The highest BCUT2D eigenvalue weighted by atomic mass is 16.5. The molecule has 1 aromatic rings. The zero-order valence-electron chi connectivity index (χ0n) is 14.6. The van der Waals surface area contributed by atoms with Gasteiger partial charge in [0.2, 0.25) is 11.8 Å². The van der Waals surface area contributed by atoms with Crippen molar-refractivity contribution in [2.24, 2.45) is 5.41 Å². The van der Waals surface area contributed by atoms with E-state index >= 15 is 0 Å². The van der Waals surface area contributed by atoms with Gasteiger partial charge in [-0.15, -0.1) is 0 Å². The Labute approximate surface area is 142 Å². The monoisotopic (exact) mass is 338 g/mol. The quantitative estimate of drug-likeness (QED) is 0.826. The van der Waals surface area contributed by atoms with Crippen LogP contribution < -0.4 is 5.32 Å². The second-order valence-corrected chi connectivity index (χ2v) is 6.86. The first-order chi connectivity index (χ1) is 11.4. The van der Waals surface area contributed by atoms with Gasteiger partial charge in [-0.1, -0.05) is 25.9 Å². The second kappa shape index (κ2) is 8.25. The van der Waals surface area contributed by atoms with Gasteiger partial charge in [0.1, 0.15) is 6.26 Å². The summed E-state index contributed by atoms with van der Waals surface area (Å²) in [5.74, 6) is 0.00544. The van der Waals surface area contributed by atoms with Crippen molar-refractivity contribution in [3.8, 4) is 0 Å². The predicted octanol–water partition coefficient (Wildman–Crippen LogP) is 0.820. The van der Waals surface area contributed by atoms with Crippen molar-refractivity contribution in [2.75, 3.05) is 51.3 Å². The highest BCUT2D eigenvalue weighted by molar-refractivity contribution is 5.94. The number of carbonyl (C=O) groups excluding carboxylic acids is 2. The number of amides is 2. The number of hydrogen-bond acceptors (Lipinski definition) is 6. The summed E-state index contributed by atoms with van der Waals surface area (Å²) in [6.45, 7) is 9.90. The third-order valence-corrected chi connectivity index (χ3v) is 3.76. The van der Waals surface area contributed by atoms with E-state index in [2.05, 4.69) is 19.9 Å². The molecule has 8 heteroatoms. The first-order valence-electron chi connectivity index (χ1n) is 8.16. The molecule has 1 fully saturated rings. The molecule has 1 aliphatic heterocycles. The Morgan fingerprint density at radius 1 is 1.33 bits per heavy atom. The summed E-state index contributed by atoms with van der Waals surface area (Å²) in [5.41, 5.74) is -0.542. The highest BCUT2D eigenvalue weighted by Crippen LogP contribution is 2.17. The third kappa shape index (κ3) is 5.61. The lowest BCUT2D eigenvalue weighted by Crippen LogP contribution is -2.48. The van der Waals surface area contributed by atoms with Crippen LogP contribution in [0, 0.1) is 5.41 Å². The Morgan fingerprint density at radius 3 is 2.62 bits per heavy atom. The van der Waals surface area contributed by atoms with E-state index in [1.807, 2.05) is 20.8 Å². The number of aromatic nitrogens is 1. The minimum atomic E-state index is -0.542. The summed E-state index contributed by atoms with van der Waals surface area (Å²) < 4.78 is 10.0. The van der Waals surface area contributed by atoms with E-state index in [0.717, 1.165) is 19.6 Å². The fraction of sp³-hybridized carbons (Fsp3) is 0.688. The van der Waals surface area contributed by atoms with Gasteiger partial charge in [-0.05, 0) is 0 Å².